The van der Waals surface area contributed by atoms with Gasteiger partial charge in [0.25, 0.3) is 5.91 Å². The number of likely N-dealkylation sites (tertiary alicyclic amines) is 1. The van der Waals surface area contributed by atoms with Crippen molar-refractivity contribution >= 4 is 40.5 Å². The summed E-state index contributed by atoms with van der Waals surface area (Å²) in [5.74, 6) is -0.0273. The fourth-order valence-electron chi connectivity index (χ4n) is 3.43. The standard InChI is InChI=1S/C20H18ClN9O2S/c1-29-9-7-20(32,18(29)31)17-28-27-16(33-17)13-5-3-4-11(24-13)12-6-8-22-19(25-12)26-14-10-23-30(2)15(14)21/h3-6,8,10,32H,7,9H2,1-2H3,(H,22,25,26)/t20-/m1/s1. The van der Waals surface area contributed by atoms with Crippen LogP contribution in [-0.2, 0) is 17.4 Å². The van der Waals surface area contributed by atoms with Crippen molar-refractivity contribution in [2.24, 2.45) is 7.05 Å². The molecule has 0 aliphatic carbocycles. The third-order valence-corrected chi connectivity index (χ3v) is 6.83. The minimum atomic E-state index is -1.64. The summed E-state index contributed by atoms with van der Waals surface area (Å²) in [5.41, 5.74) is 0.697. The molecule has 11 nitrogen and oxygen atoms in total. The summed E-state index contributed by atoms with van der Waals surface area (Å²) in [4.78, 5) is 27.2. The fourth-order valence-corrected chi connectivity index (χ4v) is 4.49. The van der Waals surface area contributed by atoms with Gasteiger partial charge in [0.2, 0.25) is 5.95 Å². The number of amides is 1. The van der Waals surface area contributed by atoms with Crippen LogP contribution in [0.4, 0.5) is 11.6 Å². The molecule has 1 fully saturated rings. The summed E-state index contributed by atoms with van der Waals surface area (Å²) >= 11 is 7.35. The van der Waals surface area contributed by atoms with Gasteiger partial charge in [-0.15, -0.1) is 10.2 Å². The van der Waals surface area contributed by atoms with Gasteiger partial charge in [0, 0.05) is 33.3 Å². The first-order valence-electron chi connectivity index (χ1n) is 9.92. The molecule has 168 valence electrons. The maximum absolute atomic E-state index is 12.4. The smallest absolute Gasteiger partial charge is 0.261 e. The zero-order valence-electron chi connectivity index (χ0n) is 17.6. The number of anilines is 2. The van der Waals surface area contributed by atoms with Crippen molar-refractivity contribution in [1.29, 1.82) is 0 Å². The molecular formula is C20H18ClN9O2S. The molecule has 5 rings (SSSR count). The molecule has 2 N–H and O–H groups in total. The number of carbonyl (C=O) groups is 1. The molecule has 33 heavy (non-hydrogen) atoms. The second-order valence-electron chi connectivity index (χ2n) is 7.52. The van der Waals surface area contributed by atoms with Gasteiger partial charge in [-0.25, -0.2) is 15.0 Å². The Balaban J connectivity index is 1.42. The van der Waals surface area contributed by atoms with Crippen LogP contribution in [0.25, 0.3) is 22.1 Å². The SMILES string of the molecule is CN1CC[C@@](O)(c2nnc(-c3cccc(-c4ccnc(Nc5cnn(C)c5Cl)n4)n3)s2)C1=O. The van der Waals surface area contributed by atoms with E-state index >= 15 is 0 Å². The summed E-state index contributed by atoms with van der Waals surface area (Å²) in [6.07, 6.45) is 3.48. The zero-order chi connectivity index (χ0) is 23.2. The monoisotopic (exact) mass is 483 g/mol. The van der Waals surface area contributed by atoms with Gasteiger partial charge in [-0.3, -0.25) is 9.48 Å². The Morgan fingerprint density at radius 2 is 1.94 bits per heavy atom. The lowest BCUT2D eigenvalue weighted by Crippen LogP contribution is -2.35. The van der Waals surface area contributed by atoms with Gasteiger partial charge < -0.3 is 15.3 Å². The highest BCUT2D eigenvalue weighted by molar-refractivity contribution is 7.14. The number of aromatic nitrogens is 7. The minimum absolute atomic E-state index is 0.265. The number of hydrogen-bond acceptors (Lipinski definition) is 10. The molecule has 1 aliphatic rings. The third kappa shape index (κ3) is 3.81. The predicted molar refractivity (Wildman–Crippen MR) is 122 cm³/mol. The van der Waals surface area contributed by atoms with E-state index in [1.165, 1.54) is 9.58 Å². The molecule has 0 spiro atoms. The average molecular weight is 484 g/mol. The lowest BCUT2D eigenvalue weighted by molar-refractivity contribution is -0.143. The van der Waals surface area contributed by atoms with Crippen LogP contribution < -0.4 is 5.32 Å². The molecule has 0 saturated carbocycles. The normalized spacial score (nSPS) is 18.2. The van der Waals surface area contributed by atoms with E-state index in [0.717, 1.165) is 11.3 Å². The molecule has 1 amide bonds. The van der Waals surface area contributed by atoms with E-state index in [9.17, 15) is 9.90 Å². The van der Waals surface area contributed by atoms with E-state index in [0.29, 0.717) is 45.4 Å². The first-order chi connectivity index (χ1) is 15.8. The van der Waals surface area contributed by atoms with Crippen LogP contribution >= 0.6 is 22.9 Å². The summed E-state index contributed by atoms with van der Waals surface area (Å²) < 4.78 is 1.53. The number of rotatable bonds is 5. The summed E-state index contributed by atoms with van der Waals surface area (Å²) in [6, 6.07) is 7.17. The molecule has 4 aromatic heterocycles. The number of nitrogens with one attached hydrogen (secondary N) is 1. The molecule has 13 heteroatoms. The molecule has 0 radical (unpaired) electrons. The lowest BCUT2D eigenvalue weighted by atomic mass is 10.0. The van der Waals surface area contributed by atoms with E-state index in [1.54, 1.807) is 38.6 Å². The minimum Gasteiger partial charge on any atom is -0.373 e. The van der Waals surface area contributed by atoms with Crippen LogP contribution in [0, 0.1) is 0 Å². The Labute approximate surface area is 197 Å². The Morgan fingerprint density at radius 3 is 2.67 bits per heavy atom. The van der Waals surface area contributed by atoms with Gasteiger partial charge in [-0.05, 0) is 18.2 Å². The zero-order valence-corrected chi connectivity index (χ0v) is 19.2. The number of halogens is 1. The van der Waals surface area contributed by atoms with E-state index in [-0.39, 0.29) is 17.3 Å². The topological polar surface area (TPSA) is 135 Å². The lowest BCUT2D eigenvalue weighted by Gasteiger charge is -2.16. The van der Waals surface area contributed by atoms with E-state index in [1.807, 2.05) is 12.1 Å². The van der Waals surface area contributed by atoms with Gasteiger partial charge >= 0.3 is 0 Å². The van der Waals surface area contributed by atoms with Gasteiger partial charge in [0.05, 0.1) is 23.3 Å². The van der Waals surface area contributed by atoms with Gasteiger partial charge in [-0.1, -0.05) is 29.0 Å². The Kier molecular flexibility index (Phi) is 5.27. The number of aryl methyl sites for hydroxylation is 1. The fraction of sp³-hybridized carbons (Fsp3) is 0.250. The van der Waals surface area contributed by atoms with Crippen LogP contribution in [0.2, 0.25) is 5.15 Å². The number of carbonyl (C=O) groups excluding carboxylic acids is 1. The molecule has 0 bridgehead atoms. The number of likely N-dealkylation sites (N-methyl/N-ethyl adjacent to an activating group) is 1. The maximum Gasteiger partial charge on any atom is 0.261 e. The van der Waals surface area contributed by atoms with Crippen molar-refractivity contribution in [3.05, 3.63) is 46.8 Å². The van der Waals surface area contributed by atoms with Crippen LogP contribution in [0.15, 0.2) is 36.7 Å². The number of pyridine rings is 1. The Hall–Kier alpha value is -3.48. The van der Waals surface area contributed by atoms with Crippen LogP contribution in [0.3, 0.4) is 0 Å². The average Bonchev–Trinajstić information content (AvgIpc) is 3.52. The van der Waals surface area contributed by atoms with Crippen molar-refractivity contribution in [1.82, 2.24) is 39.8 Å². The highest BCUT2D eigenvalue weighted by Gasteiger charge is 2.48. The highest BCUT2D eigenvalue weighted by atomic mass is 35.5. The molecular weight excluding hydrogens is 466 g/mol. The van der Waals surface area contributed by atoms with Gasteiger partial charge in [-0.2, -0.15) is 5.10 Å². The number of aliphatic hydroxyl groups is 1. The van der Waals surface area contributed by atoms with E-state index < -0.39 is 5.60 Å². The summed E-state index contributed by atoms with van der Waals surface area (Å²) in [5, 5.41) is 27.4. The Bertz CT molecular complexity index is 1360. The molecule has 1 saturated heterocycles. The number of nitrogens with zero attached hydrogens (tertiary/aromatic N) is 8. The van der Waals surface area contributed by atoms with Crippen molar-refractivity contribution in [2.45, 2.75) is 12.0 Å². The predicted octanol–water partition coefficient (Wildman–Crippen LogP) is 2.24. The third-order valence-electron chi connectivity index (χ3n) is 5.29. The van der Waals surface area contributed by atoms with Crippen LogP contribution in [-0.4, -0.2) is 64.4 Å². The van der Waals surface area contributed by atoms with Gasteiger partial charge in [0.1, 0.15) is 10.8 Å². The van der Waals surface area contributed by atoms with Crippen molar-refractivity contribution in [3.8, 4) is 22.1 Å². The maximum atomic E-state index is 12.4. The molecule has 0 unspecified atom stereocenters. The van der Waals surface area contributed by atoms with Crippen molar-refractivity contribution < 1.29 is 9.90 Å². The molecule has 5 heterocycles. The largest absolute Gasteiger partial charge is 0.373 e. The summed E-state index contributed by atoms with van der Waals surface area (Å²) in [6.45, 7) is 0.465. The molecule has 1 aliphatic heterocycles. The van der Waals surface area contributed by atoms with Crippen molar-refractivity contribution in [2.75, 3.05) is 18.9 Å². The molecule has 1 atom stereocenters. The van der Waals surface area contributed by atoms with E-state index in [2.05, 4.69) is 35.6 Å². The second kappa shape index (κ2) is 8.14. The van der Waals surface area contributed by atoms with E-state index in [4.69, 9.17) is 11.6 Å². The number of hydrogen-bond donors (Lipinski definition) is 2. The second-order valence-corrected chi connectivity index (χ2v) is 8.86. The summed E-state index contributed by atoms with van der Waals surface area (Å²) in [7, 11) is 3.39. The van der Waals surface area contributed by atoms with Crippen LogP contribution in [0.1, 0.15) is 11.4 Å². The highest BCUT2D eigenvalue weighted by Crippen LogP contribution is 2.36. The first kappa shape index (κ1) is 21.4. The molecule has 0 aromatic carbocycles. The van der Waals surface area contributed by atoms with Crippen LogP contribution in [0.5, 0.6) is 0 Å². The Morgan fingerprint density at radius 1 is 1.15 bits per heavy atom. The van der Waals surface area contributed by atoms with Crippen molar-refractivity contribution in [3.63, 3.8) is 0 Å². The quantitative estimate of drug-likeness (QED) is 0.438. The first-order valence-corrected chi connectivity index (χ1v) is 11.1. The van der Waals surface area contributed by atoms with Gasteiger partial charge in [0.15, 0.2) is 15.6 Å². The molecule has 4 aromatic rings.